The van der Waals surface area contributed by atoms with E-state index in [9.17, 15) is 4.79 Å². The van der Waals surface area contributed by atoms with Crippen molar-refractivity contribution >= 4 is 5.97 Å². The Labute approximate surface area is 109 Å². The Kier molecular flexibility index (Phi) is 6.39. The number of esters is 1. The first-order chi connectivity index (χ1) is 8.71. The predicted octanol–water partition coefficient (Wildman–Crippen LogP) is 1.34. The fourth-order valence-electron chi connectivity index (χ4n) is 1.83. The summed E-state index contributed by atoms with van der Waals surface area (Å²) >= 11 is 0. The fourth-order valence-corrected chi connectivity index (χ4v) is 1.83. The van der Waals surface area contributed by atoms with Crippen molar-refractivity contribution in [2.24, 2.45) is 5.73 Å². The molecule has 0 aromatic heterocycles. The Morgan fingerprint density at radius 2 is 2.06 bits per heavy atom. The normalized spacial score (nSPS) is 12.2. The smallest absolute Gasteiger partial charge is 0.337 e. The molecule has 0 amide bonds. The average Bonchev–Trinajstić information content (AvgIpc) is 2.43. The van der Waals surface area contributed by atoms with Gasteiger partial charge < -0.3 is 15.8 Å². The molecule has 0 fully saturated rings. The molecule has 4 nitrogen and oxygen atoms in total. The quantitative estimate of drug-likeness (QED) is 0.717. The number of carbonyl (C=O) groups excluding carboxylic acids is 1. The van der Waals surface area contributed by atoms with Crippen molar-refractivity contribution in [2.45, 2.75) is 25.8 Å². The van der Waals surface area contributed by atoms with Crippen LogP contribution in [0.3, 0.4) is 0 Å². The number of hydrogen-bond acceptors (Lipinski definition) is 4. The highest BCUT2D eigenvalue weighted by atomic mass is 16.5. The van der Waals surface area contributed by atoms with Gasteiger partial charge in [0.2, 0.25) is 0 Å². The molecule has 0 spiro atoms. The number of rotatable bonds is 7. The van der Waals surface area contributed by atoms with Gasteiger partial charge in [-0.25, -0.2) is 4.79 Å². The highest BCUT2D eigenvalue weighted by Gasteiger charge is 2.08. The van der Waals surface area contributed by atoms with Gasteiger partial charge in [0.1, 0.15) is 0 Å². The van der Waals surface area contributed by atoms with Gasteiger partial charge in [0, 0.05) is 19.1 Å². The molecular weight excluding hydrogens is 228 g/mol. The summed E-state index contributed by atoms with van der Waals surface area (Å²) in [6, 6.07) is 7.98. The minimum Gasteiger partial charge on any atom is -0.465 e. The molecule has 0 aliphatic heterocycles. The zero-order chi connectivity index (χ0) is 13.4. The van der Waals surface area contributed by atoms with E-state index in [1.165, 1.54) is 12.7 Å². The average molecular weight is 250 g/mol. The molecule has 0 saturated carbocycles. The molecule has 18 heavy (non-hydrogen) atoms. The first-order valence-corrected chi connectivity index (χ1v) is 6.32. The van der Waals surface area contributed by atoms with E-state index in [0.717, 1.165) is 19.4 Å². The molecule has 0 bridgehead atoms. The molecule has 100 valence electrons. The van der Waals surface area contributed by atoms with Crippen LogP contribution in [0.2, 0.25) is 0 Å². The van der Waals surface area contributed by atoms with Crippen LogP contribution in [0.4, 0.5) is 0 Å². The second kappa shape index (κ2) is 7.84. The standard InChI is InChI=1S/C14H22N2O2/c1-3-13(16-9-8-15)10-11-4-6-12(7-5-11)14(17)18-2/h4-7,13,16H,3,8-10,15H2,1-2H3. The van der Waals surface area contributed by atoms with Crippen LogP contribution in [-0.2, 0) is 11.2 Å². The third-order valence-corrected chi connectivity index (χ3v) is 2.93. The molecular formula is C14H22N2O2. The number of carbonyl (C=O) groups is 1. The van der Waals surface area contributed by atoms with E-state index < -0.39 is 0 Å². The maximum Gasteiger partial charge on any atom is 0.337 e. The highest BCUT2D eigenvalue weighted by molar-refractivity contribution is 5.89. The molecule has 1 atom stereocenters. The Balaban J connectivity index is 2.59. The van der Waals surface area contributed by atoms with Gasteiger partial charge in [-0.3, -0.25) is 0 Å². The predicted molar refractivity (Wildman–Crippen MR) is 72.6 cm³/mol. The van der Waals surface area contributed by atoms with E-state index in [-0.39, 0.29) is 5.97 Å². The Morgan fingerprint density at radius 1 is 1.39 bits per heavy atom. The molecule has 0 aliphatic carbocycles. The van der Waals surface area contributed by atoms with E-state index >= 15 is 0 Å². The lowest BCUT2D eigenvalue weighted by molar-refractivity contribution is 0.0600. The summed E-state index contributed by atoms with van der Waals surface area (Å²) in [6.07, 6.45) is 2.00. The highest BCUT2D eigenvalue weighted by Crippen LogP contribution is 2.09. The van der Waals surface area contributed by atoms with Crippen molar-refractivity contribution in [3.63, 3.8) is 0 Å². The monoisotopic (exact) mass is 250 g/mol. The van der Waals surface area contributed by atoms with Crippen molar-refractivity contribution in [3.8, 4) is 0 Å². The molecule has 4 heteroatoms. The number of benzene rings is 1. The summed E-state index contributed by atoms with van der Waals surface area (Å²) in [5, 5.41) is 3.40. The summed E-state index contributed by atoms with van der Waals surface area (Å²) in [5.74, 6) is -0.296. The van der Waals surface area contributed by atoms with Crippen LogP contribution in [0.1, 0.15) is 29.3 Å². The summed E-state index contributed by atoms with van der Waals surface area (Å²) in [4.78, 5) is 11.3. The summed E-state index contributed by atoms with van der Waals surface area (Å²) in [6.45, 7) is 3.63. The van der Waals surface area contributed by atoms with E-state index in [4.69, 9.17) is 5.73 Å². The van der Waals surface area contributed by atoms with E-state index in [1.807, 2.05) is 12.1 Å². The van der Waals surface area contributed by atoms with Crippen molar-refractivity contribution < 1.29 is 9.53 Å². The number of nitrogens with one attached hydrogen (secondary N) is 1. The summed E-state index contributed by atoms with van der Waals surface area (Å²) in [5.41, 5.74) is 7.27. The topological polar surface area (TPSA) is 64.3 Å². The summed E-state index contributed by atoms with van der Waals surface area (Å²) in [7, 11) is 1.39. The molecule has 1 rings (SSSR count). The zero-order valence-corrected chi connectivity index (χ0v) is 11.1. The van der Waals surface area contributed by atoms with Crippen LogP contribution in [0.25, 0.3) is 0 Å². The van der Waals surface area contributed by atoms with Gasteiger partial charge in [0.25, 0.3) is 0 Å². The lowest BCUT2D eigenvalue weighted by Gasteiger charge is -2.16. The van der Waals surface area contributed by atoms with Crippen molar-refractivity contribution in [2.75, 3.05) is 20.2 Å². The molecule has 0 radical (unpaired) electrons. The summed E-state index contributed by atoms with van der Waals surface area (Å²) < 4.78 is 4.67. The Hall–Kier alpha value is -1.39. The maximum atomic E-state index is 11.3. The molecule has 1 aromatic carbocycles. The number of ether oxygens (including phenoxy) is 1. The molecule has 1 aromatic rings. The lowest BCUT2D eigenvalue weighted by Crippen LogP contribution is -2.34. The largest absolute Gasteiger partial charge is 0.465 e. The zero-order valence-electron chi connectivity index (χ0n) is 11.1. The van der Waals surface area contributed by atoms with Gasteiger partial charge in [0.15, 0.2) is 0 Å². The van der Waals surface area contributed by atoms with Crippen molar-refractivity contribution in [1.29, 1.82) is 0 Å². The SMILES string of the molecule is CCC(Cc1ccc(C(=O)OC)cc1)NCCN. The van der Waals surface area contributed by atoms with Gasteiger partial charge in [0.05, 0.1) is 12.7 Å². The molecule has 0 aliphatic rings. The first kappa shape index (κ1) is 14.7. The van der Waals surface area contributed by atoms with Crippen LogP contribution < -0.4 is 11.1 Å². The van der Waals surface area contributed by atoms with Crippen LogP contribution in [-0.4, -0.2) is 32.2 Å². The van der Waals surface area contributed by atoms with Gasteiger partial charge in [-0.1, -0.05) is 19.1 Å². The molecule has 0 saturated heterocycles. The van der Waals surface area contributed by atoms with E-state index in [1.54, 1.807) is 12.1 Å². The lowest BCUT2D eigenvalue weighted by atomic mass is 10.0. The number of methoxy groups -OCH3 is 1. The third kappa shape index (κ3) is 4.47. The van der Waals surface area contributed by atoms with Crippen LogP contribution in [0, 0.1) is 0 Å². The molecule has 3 N–H and O–H groups in total. The maximum absolute atomic E-state index is 11.3. The molecule has 1 unspecified atom stereocenters. The van der Waals surface area contributed by atoms with Gasteiger partial charge in [-0.05, 0) is 30.5 Å². The fraction of sp³-hybridized carbons (Fsp3) is 0.500. The second-order valence-electron chi connectivity index (χ2n) is 4.24. The van der Waals surface area contributed by atoms with Gasteiger partial charge in [-0.2, -0.15) is 0 Å². The van der Waals surface area contributed by atoms with Gasteiger partial charge >= 0.3 is 5.97 Å². The second-order valence-corrected chi connectivity index (χ2v) is 4.24. The minimum absolute atomic E-state index is 0.296. The number of hydrogen-bond donors (Lipinski definition) is 2. The minimum atomic E-state index is -0.296. The van der Waals surface area contributed by atoms with Crippen molar-refractivity contribution in [3.05, 3.63) is 35.4 Å². The van der Waals surface area contributed by atoms with E-state index in [2.05, 4.69) is 17.0 Å². The Morgan fingerprint density at radius 3 is 2.56 bits per heavy atom. The van der Waals surface area contributed by atoms with Crippen LogP contribution in [0.15, 0.2) is 24.3 Å². The van der Waals surface area contributed by atoms with Crippen LogP contribution >= 0.6 is 0 Å². The first-order valence-electron chi connectivity index (χ1n) is 6.32. The van der Waals surface area contributed by atoms with E-state index in [0.29, 0.717) is 18.2 Å². The van der Waals surface area contributed by atoms with Gasteiger partial charge in [-0.15, -0.1) is 0 Å². The number of nitrogens with two attached hydrogens (primary N) is 1. The third-order valence-electron chi connectivity index (χ3n) is 2.93. The van der Waals surface area contributed by atoms with Crippen molar-refractivity contribution in [1.82, 2.24) is 5.32 Å². The molecule has 0 heterocycles. The Bertz CT molecular complexity index is 363. The van der Waals surface area contributed by atoms with Crippen LogP contribution in [0.5, 0.6) is 0 Å².